The van der Waals surface area contributed by atoms with Crippen LogP contribution in [0.2, 0.25) is 0 Å². The van der Waals surface area contributed by atoms with E-state index in [1.165, 1.54) is 5.56 Å². The first-order valence-electron chi connectivity index (χ1n) is 8.70. The van der Waals surface area contributed by atoms with Gasteiger partial charge < -0.3 is 20.3 Å². The maximum atomic E-state index is 12.4. The van der Waals surface area contributed by atoms with E-state index in [2.05, 4.69) is 10.6 Å². The zero-order valence-corrected chi connectivity index (χ0v) is 14.8. The summed E-state index contributed by atoms with van der Waals surface area (Å²) < 4.78 is 5.75. The van der Waals surface area contributed by atoms with Gasteiger partial charge in [-0.25, -0.2) is 0 Å². The van der Waals surface area contributed by atoms with Crippen molar-refractivity contribution in [3.8, 4) is 5.75 Å². The molecule has 0 aromatic heterocycles. The highest BCUT2D eigenvalue weighted by Gasteiger charge is 2.30. The first-order chi connectivity index (χ1) is 12.7. The topological polar surface area (TPSA) is 70.7 Å². The van der Waals surface area contributed by atoms with Crippen LogP contribution in [0.1, 0.15) is 5.56 Å². The van der Waals surface area contributed by atoms with Gasteiger partial charge in [0.25, 0.3) is 5.91 Å². The Hall–Kier alpha value is -3.02. The molecule has 0 aliphatic carbocycles. The van der Waals surface area contributed by atoms with Gasteiger partial charge in [-0.05, 0) is 24.1 Å². The van der Waals surface area contributed by atoms with Gasteiger partial charge in [0.1, 0.15) is 5.75 Å². The summed E-state index contributed by atoms with van der Waals surface area (Å²) in [6, 6.07) is 17.5. The number of fused-ring (bicyclic) bond motifs is 1. The molecule has 0 saturated carbocycles. The number of nitrogens with zero attached hydrogens (tertiary/aromatic N) is 1. The zero-order chi connectivity index (χ0) is 18.4. The van der Waals surface area contributed by atoms with Crippen LogP contribution in [0.15, 0.2) is 54.6 Å². The Morgan fingerprint density at radius 2 is 1.85 bits per heavy atom. The third-order valence-electron chi connectivity index (χ3n) is 4.31. The van der Waals surface area contributed by atoms with Crippen molar-refractivity contribution in [1.82, 2.24) is 10.6 Å². The summed E-state index contributed by atoms with van der Waals surface area (Å²) in [6.45, 7) is 1.10. The van der Waals surface area contributed by atoms with Crippen molar-refractivity contribution < 1.29 is 14.3 Å². The fraction of sp³-hybridized carbons (Fsp3) is 0.300. The van der Waals surface area contributed by atoms with Crippen molar-refractivity contribution in [3.63, 3.8) is 0 Å². The Morgan fingerprint density at radius 3 is 2.62 bits per heavy atom. The molecule has 26 heavy (non-hydrogen) atoms. The number of benzene rings is 2. The minimum atomic E-state index is -0.632. The van der Waals surface area contributed by atoms with E-state index in [-0.39, 0.29) is 18.4 Å². The van der Waals surface area contributed by atoms with Crippen LogP contribution in [-0.2, 0) is 16.0 Å². The first-order valence-corrected chi connectivity index (χ1v) is 8.70. The molecule has 0 saturated heterocycles. The Kier molecular flexibility index (Phi) is 5.73. The molecule has 6 nitrogen and oxygen atoms in total. The second-order valence-electron chi connectivity index (χ2n) is 6.15. The molecule has 0 unspecified atom stereocenters. The van der Waals surface area contributed by atoms with Crippen molar-refractivity contribution in [2.75, 3.05) is 31.6 Å². The molecule has 136 valence electrons. The maximum Gasteiger partial charge on any atom is 0.262 e. The Labute approximate surface area is 153 Å². The third kappa shape index (κ3) is 4.33. The molecule has 0 bridgehead atoms. The number of hydrogen-bond acceptors (Lipinski definition) is 4. The van der Waals surface area contributed by atoms with Crippen LogP contribution in [0.5, 0.6) is 5.75 Å². The highest BCUT2D eigenvalue weighted by molar-refractivity contribution is 5.86. The minimum Gasteiger partial charge on any atom is -0.477 e. The quantitative estimate of drug-likeness (QED) is 0.823. The highest BCUT2D eigenvalue weighted by Crippen LogP contribution is 2.32. The van der Waals surface area contributed by atoms with E-state index in [0.29, 0.717) is 18.8 Å². The number of carbonyl (C=O) groups is 2. The Balaban J connectivity index is 1.60. The van der Waals surface area contributed by atoms with Crippen molar-refractivity contribution in [2.24, 2.45) is 0 Å². The van der Waals surface area contributed by atoms with E-state index in [1.54, 1.807) is 7.05 Å². The number of likely N-dealkylation sites (N-methyl/N-ethyl adjacent to an activating group) is 1. The van der Waals surface area contributed by atoms with Gasteiger partial charge >= 0.3 is 0 Å². The average Bonchev–Trinajstić information content (AvgIpc) is 2.68. The van der Waals surface area contributed by atoms with Gasteiger partial charge in [-0.2, -0.15) is 0 Å². The number of anilines is 1. The summed E-state index contributed by atoms with van der Waals surface area (Å²) in [5, 5.41) is 5.55. The molecular weight excluding hydrogens is 330 g/mol. The molecule has 1 atom stereocenters. The molecular formula is C20H23N3O3. The molecule has 2 N–H and O–H groups in total. The number of para-hydroxylation sites is 2. The van der Waals surface area contributed by atoms with Crippen LogP contribution >= 0.6 is 0 Å². The smallest absolute Gasteiger partial charge is 0.262 e. The van der Waals surface area contributed by atoms with Crippen molar-refractivity contribution in [3.05, 3.63) is 60.2 Å². The standard InChI is InChI=1S/C20H23N3O3/c1-21-20(25)18-13-23(16-9-5-6-10-17(16)26-18)14-19(24)22-12-11-15-7-3-2-4-8-15/h2-10,18H,11-14H2,1H3,(H,21,25)(H,22,24)/t18-/m0/s1. The number of amides is 2. The summed E-state index contributed by atoms with van der Waals surface area (Å²) >= 11 is 0. The van der Waals surface area contributed by atoms with Crippen LogP contribution in [0.3, 0.4) is 0 Å². The number of carbonyl (C=O) groups excluding carboxylic acids is 2. The second-order valence-corrected chi connectivity index (χ2v) is 6.15. The molecule has 0 fully saturated rings. The normalized spacial score (nSPS) is 15.6. The largest absolute Gasteiger partial charge is 0.477 e. The lowest BCUT2D eigenvalue weighted by molar-refractivity contribution is -0.127. The maximum absolute atomic E-state index is 12.4. The Morgan fingerprint density at radius 1 is 1.12 bits per heavy atom. The summed E-state index contributed by atoms with van der Waals surface area (Å²) in [4.78, 5) is 26.2. The molecule has 3 rings (SSSR count). The lowest BCUT2D eigenvalue weighted by Crippen LogP contribution is -2.50. The lowest BCUT2D eigenvalue weighted by Gasteiger charge is -2.35. The monoisotopic (exact) mass is 353 g/mol. The van der Waals surface area contributed by atoms with Gasteiger partial charge in [-0.1, -0.05) is 42.5 Å². The van der Waals surface area contributed by atoms with Crippen molar-refractivity contribution >= 4 is 17.5 Å². The summed E-state index contributed by atoms with van der Waals surface area (Å²) in [6.07, 6.45) is 0.152. The van der Waals surface area contributed by atoms with Crippen LogP contribution in [0.25, 0.3) is 0 Å². The van der Waals surface area contributed by atoms with Gasteiger partial charge in [0, 0.05) is 13.6 Å². The number of ether oxygens (including phenoxy) is 1. The van der Waals surface area contributed by atoms with Gasteiger partial charge in [-0.3, -0.25) is 9.59 Å². The fourth-order valence-electron chi connectivity index (χ4n) is 2.97. The van der Waals surface area contributed by atoms with E-state index in [4.69, 9.17) is 4.74 Å². The Bertz CT molecular complexity index is 764. The van der Waals surface area contributed by atoms with Crippen LogP contribution < -0.4 is 20.3 Å². The average molecular weight is 353 g/mol. The van der Waals surface area contributed by atoms with Crippen LogP contribution in [0, 0.1) is 0 Å². The van der Waals surface area contributed by atoms with Gasteiger partial charge in [0.05, 0.1) is 18.8 Å². The number of hydrogen-bond donors (Lipinski definition) is 2. The zero-order valence-electron chi connectivity index (χ0n) is 14.8. The lowest BCUT2D eigenvalue weighted by atomic mass is 10.1. The predicted octanol–water partition coefficient (Wildman–Crippen LogP) is 1.36. The summed E-state index contributed by atoms with van der Waals surface area (Å²) in [7, 11) is 1.58. The first kappa shape index (κ1) is 17.8. The van der Waals surface area contributed by atoms with E-state index in [1.807, 2.05) is 59.5 Å². The number of nitrogens with one attached hydrogen (secondary N) is 2. The molecule has 2 aromatic rings. The molecule has 2 amide bonds. The number of rotatable bonds is 6. The molecule has 1 heterocycles. The molecule has 1 aliphatic heterocycles. The van der Waals surface area contributed by atoms with Crippen molar-refractivity contribution in [2.45, 2.75) is 12.5 Å². The molecule has 2 aromatic carbocycles. The molecule has 0 radical (unpaired) electrons. The SMILES string of the molecule is CNC(=O)[C@@H]1CN(CC(=O)NCCc2ccccc2)c2ccccc2O1. The predicted molar refractivity (Wildman–Crippen MR) is 100 cm³/mol. The van der Waals surface area contributed by atoms with Crippen LogP contribution in [-0.4, -0.2) is 44.6 Å². The van der Waals surface area contributed by atoms with E-state index in [9.17, 15) is 9.59 Å². The molecule has 1 aliphatic rings. The van der Waals surface area contributed by atoms with Gasteiger partial charge in [0.2, 0.25) is 5.91 Å². The highest BCUT2D eigenvalue weighted by atomic mass is 16.5. The fourth-order valence-corrected chi connectivity index (χ4v) is 2.97. The minimum absolute atomic E-state index is 0.0757. The molecule has 0 spiro atoms. The van der Waals surface area contributed by atoms with Gasteiger partial charge in [-0.15, -0.1) is 0 Å². The molecule has 6 heteroatoms. The summed E-state index contributed by atoms with van der Waals surface area (Å²) in [5.41, 5.74) is 2.01. The van der Waals surface area contributed by atoms with Crippen LogP contribution in [0.4, 0.5) is 5.69 Å². The van der Waals surface area contributed by atoms with E-state index >= 15 is 0 Å². The third-order valence-corrected chi connectivity index (χ3v) is 4.31. The van der Waals surface area contributed by atoms with Crippen molar-refractivity contribution in [1.29, 1.82) is 0 Å². The van der Waals surface area contributed by atoms with Gasteiger partial charge in [0.15, 0.2) is 6.10 Å². The van der Waals surface area contributed by atoms with E-state index in [0.717, 1.165) is 12.1 Å². The summed E-state index contributed by atoms with van der Waals surface area (Å²) in [5.74, 6) is 0.340. The second kappa shape index (κ2) is 8.38. The van der Waals surface area contributed by atoms with E-state index < -0.39 is 6.10 Å².